The highest BCUT2D eigenvalue weighted by molar-refractivity contribution is 5.79. The fourth-order valence-electron chi connectivity index (χ4n) is 1.86. The second-order valence-electron chi connectivity index (χ2n) is 4.74. The van der Waals surface area contributed by atoms with Crippen molar-refractivity contribution in [3.63, 3.8) is 0 Å². The Morgan fingerprint density at radius 2 is 2.09 bits per heavy atom. The van der Waals surface area contributed by atoms with E-state index in [1.807, 2.05) is 31.2 Å². The van der Waals surface area contributed by atoms with Crippen molar-refractivity contribution in [1.82, 2.24) is 15.6 Å². The van der Waals surface area contributed by atoms with Gasteiger partial charge in [0.2, 0.25) is 5.89 Å². The van der Waals surface area contributed by atoms with Crippen LogP contribution in [0, 0.1) is 19.3 Å². The molecule has 0 saturated carbocycles. The molecular weight excluding hydrogens is 276 g/mol. The van der Waals surface area contributed by atoms with E-state index in [4.69, 9.17) is 10.8 Å². The fourth-order valence-corrected chi connectivity index (χ4v) is 1.86. The zero-order valence-electron chi connectivity index (χ0n) is 12.9. The number of nitrogens with zero attached hydrogens (tertiary/aromatic N) is 2. The van der Waals surface area contributed by atoms with E-state index in [2.05, 4.69) is 33.5 Å². The van der Waals surface area contributed by atoms with E-state index in [-0.39, 0.29) is 0 Å². The van der Waals surface area contributed by atoms with Crippen molar-refractivity contribution in [1.29, 1.82) is 0 Å². The molecular formula is C17H20N4O. The molecule has 0 aliphatic heterocycles. The van der Waals surface area contributed by atoms with Gasteiger partial charge in [-0.2, -0.15) is 0 Å². The second kappa shape index (κ2) is 7.89. The van der Waals surface area contributed by atoms with Crippen LogP contribution in [0.2, 0.25) is 0 Å². The minimum Gasteiger partial charge on any atom is -0.439 e. The van der Waals surface area contributed by atoms with Gasteiger partial charge in [0, 0.05) is 12.1 Å². The molecule has 2 aromatic rings. The standard InChI is InChI=1S/C17H20N4O/c1-4-10-19-17(18-5-2)21-12-16-20-11-15(22-16)14-8-6-13(3)7-9-14/h1,6-9,11H,5,10,12H2,2-3H3,(H2,18,19,21). The van der Waals surface area contributed by atoms with Gasteiger partial charge < -0.3 is 15.1 Å². The molecule has 0 spiro atoms. The number of aliphatic imine (C=N–C) groups is 1. The van der Waals surface area contributed by atoms with Gasteiger partial charge in [0.05, 0.1) is 12.7 Å². The number of guanidine groups is 1. The number of benzene rings is 1. The monoisotopic (exact) mass is 296 g/mol. The number of nitrogens with one attached hydrogen (secondary N) is 2. The van der Waals surface area contributed by atoms with E-state index in [1.165, 1.54) is 5.56 Å². The predicted octanol–water partition coefficient (Wildman–Crippen LogP) is 2.34. The zero-order chi connectivity index (χ0) is 15.8. The second-order valence-corrected chi connectivity index (χ2v) is 4.74. The predicted molar refractivity (Wildman–Crippen MR) is 88.3 cm³/mol. The summed E-state index contributed by atoms with van der Waals surface area (Å²) in [4.78, 5) is 8.64. The van der Waals surface area contributed by atoms with E-state index in [9.17, 15) is 0 Å². The lowest BCUT2D eigenvalue weighted by Crippen LogP contribution is -2.37. The fraction of sp³-hybridized carbons (Fsp3) is 0.294. The SMILES string of the molecule is C#CCNC(=NCc1ncc(-c2ccc(C)cc2)o1)NCC. The maximum atomic E-state index is 5.73. The van der Waals surface area contributed by atoms with E-state index in [0.717, 1.165) is 17.9 Å². The van der Waals surface area contributed by atoms with Crippen LogP contribution in [0.15, 0.2) is 39.9 Å². The maximum absolute atomic E-state index is 5.73. The Hall–Kier alpha value is -2.74. The quantitative estimate of drug-likeness (QED) is 0.505. The summed E-state index contributed by atoms with van der Waals surface area (Å²) in [6.45, 7) is 5.58. The summed E-state index contributed by atoms with van der Waals surface area (Å²) in [5, 5.41) is 6.12. The lowest BCUT2D eigenvalue weighted by atomic mass is 10.1. The minimum atomic E-state index is 0.353. The number of oxazole rings is 1. The van der Waals surface area contributed by atoms with Gasteiger partial charge in [-0.05, 0) is 13.8 Å². The molecule has 0 saturated heterocycles. The Morgan fingerprint density at radius 1 is 1.32 bits per heavy atom. The van der Waals surface area contributed by atoms with Crippen LogP contribution >= 0.6 is 0 Å². The van der Waals surface area contributed by atoms with Crippen molar-refractivity contribution in [3.8, 4) is 23.7 Å². The summed E-state index contributed by atoms with van der Waals surface area (Å²) < 4.78 is 5.73. The number of hydrogen-bond acceptors (Lipinski definition) is 3. The summed E-state index contributed by atoms with van der Waals surface area (Å²) in [5.74, 6) is 4.47. The highest BCUT2D eigenvalue weighted by Gasteiger charge is 2.06. The first-order valence-corrected chi connectivity index (χ1v) is 7.20. The van der Waals surface area contributed by atoms with Gasteiger partial charge in [-0.15, -0.1) is 6.42 Å². The molecule has 5 nitrogen and oxygen atoms in total. The molecule has 0 aliphatic rings. The summed E-state index contributed by atoms with van der Waals surface area (Å²) in [5.41, 5.74) is 2.22. The van der Waals surface area contributed by atoms with Gasteiger partial charge in [0.1, 0.15) is 6.54 Å². The first kappa shape index (κ1) is 15.6. The van der Waals surface area contributed by atoms with E-state index < -0.39 is 0 Å². The van der Waals surface area contributed by atoms with Gasteiger partial charge in [-0.1, -0.05) is 35.7 Å². The molecule has 114 valence electrons. The Bertz CT molecular complexity index is 665. The number of hydrogen-bond donors (Lipinski definition) is 2. The topological polar surface area (TPSA) is 62.5 Å². The molecule has 1 aromatic heterocycles. The van der Waals surface area contributed by atoms with Crippen molar-refractivity contribution >= 4 is 5.96 Å². The number of aryl methyl sites for hydroxylation is 1. The highest BCUT2D eigenvalue weighted by atomic mass is 16.4. The third-order valence-electron chi connectivity index (χ3n) is 2.96. The van der Waals surface area contributed by atoms with Crippen LogP contribution < -0.4 is 10.6 Å². The lowest BCUT2D eigenvalue weighted by Gasteiger charge is -2.07. The maximum Gasteiger partial charge on any atom is 0.216 e. The van der Waals surface area contributed by atoms with Crippen LogP contribution in [0.3, 0.4) is 0 Å². The third kappa shape index (κ3) is 4.38. The van der Waals surface area contributed by atoms with Crippen molar-refractivity contribution in [2.24, 2.45) is 4.99 Å². The normalized spacial score (nSPS) is 11.0. The average molecular weight is 296 g/mol. The highest BCUT2D eigenvalue weighted by Crippen LogP contribution is 2.20. The summed E-state index contributed by atoms with van der Waals surface area (Å²) >= 11 is 0. The Balaban J connectivity index is 2.04. The Labute approximate surface area is 130 Å². The summed E-state index contributed by atoms with van der Waals surface area (Å²) in [6.07, 6.45) is 6.95. The number of rotatable bonds is 5. The van der Waals surface area contributed by atoms with Crippen molar-refractivity contribution in [2.45, 2.75) is 20.4 Å². The molecule has 22 heavy (non-hydrogen) atoms. The van der Waals surface area contributed by atoms with E-state index in [0.29, 0.717) is 24.9 Å². The summed E-state index contributed by atoms with van der Waals surface area (Å²) in [6, 6.07) is 8.12. The van der Waals surface area contributed by atoms with Gasteiger partial charge in [-0.25, -0.2) is 9.98 Å². The van der Waals surface area contributed by atoms with Crippen molar-refractivity contribution < 1.29 is 4.42 Å². The molecule has 2 N–H and O–H groups in total. The molecule has 0 radical (unpaired) electrons. The smallest absolute Gasteiger partial charge is 0.216 e. The third-order valence-corrected chi connectivity index (χ3v) is 2.96. The van der Waals surface area contributed by atoms with Gasteiger partial charge in [0.15, 0.2) is 11.7 Å². The molecule has 5 heteroatoms. The average Bonchev–Trinajstić information content (AvgIpc) is 3.00. The number of terminal acetylenes is 1. The van der Waals surface area contributed by atoms with Crippen LogP contribution in [0.1, 0.15) is 18.4 Å². The Kier molecular flexibility index (Phi) is 5.61. The van der Waals surface area contributed by atoms with Gasteiger partial charge in [0.25, 0.3) is 0 Å². The van der Waals surface area contributed by atoms with E-state index in [1.54, 1.807) is 6.20 Å². The molecule has 0 bridgehead atoms. The van der Waals surface area contributed by atoms with Crippen LogP contribution in [0.4, 0.5) is 0 Å². The Morgan fingerprint density at radius 3 is 2.77 bits per heavy atom. The van der Waals surface area contributed by atoms with E-state index >= 15 is 0 Å². The van der Waals surface area contributed by atoms with Crippen molar-refractivity contribution in [2.75, 3.05) is 13.1 Å². The first-order valence-electron chi connectivity index (χ1n) is 7.20. The van der Waals surface area contributed by atoms with Gasteiger partial charge >= 0.3 is 0 Å². The molecule has 2 rings (SSSR count). The van der Waals surface area contributed by atoms with Crippen molar-refractivity contribution in [3.05, 3.63) is 41.9 Å². The molecule has 1 heterocycles. The molecule has 0 fully saturated rings. The largest absolute Gasteiger partial charge is 0.439 e. The molecule has 0 amide bonds. The van der Waals surface area contributed by atoms with Gasteiger partial charge in [-0.3, -0.25) is 0 Å². The minimum absolute atomic E-state index is 0.353. The zero-order valence-corrected chi connectivity index (χ0v) is 12.9. The first-order chi connectivity index (χ1) is 10.7. The molecule has 0 atom stereocenters. The van der Waals surface area contributed by atoms with Crippen LogP contribution in [-0.2, 0) is 6.54 Å². The van der Waals surface area contributed by atoms with Crippen LogP contribution in [-0.4, -0.2) is 24.0 Å². The lowest BCUT2D eigenvalue weighted by molar-refractivity contribution is 0.509. The van der Waals surface area contributed by atoms with Crippen LogP contribution in [0.25, 0.3) is 11.3 Å². The molecule has 0 aliphatic carbocycles. The summed E-state index contributed by atoms with van der Waals surface area (Å²) in [7, 11) is 0. The van der Waals surface area contributed by atoms with Crippen LogP contribution in [0.5, 0.6) is 0 Å². The molecule has 0 unspecified atom stereocenters. The molecule has 1 aromatic carbocycles. The number of aromatic nitrogens is 1.